The summed E-state index contributed by atoms with van der Waals surface area (Å²) >= 11 is 0. The Bertz CT molecular complexity index is 858. The van der Waals surface area contributed by atoms with Crippen LogP contribution in [0.1, 0.15) is 11.1 Å². The van der Waals surface area contributed by atoms with Gasteiger partial charge in [0.2, 0.25) is 0 Å². The first kappa shape index (κ1) is 19.3. The van der Waals surface area contributed by atoms with E-state index in [1.165, 1.54) is 38.0 Å². The predicted octanol–water partition coefficient (Wildman–Crippen LogP) is 6.10. The largest absolute Gasteiger partial charge is 0.168 e. The zero-order chi connectivity index (χ0) is 16.4. The Morgan fingerprint density at radius 3 is 2.25 bits per heavy atom. The normalized spacial score (nSPS) is 10.5. The van der Waals surface area contributed by atoms with Crippen LogP contribution in [0.5, 0.6) is 0 Å². The zero-order valence-corrected chi connectivity index (χ0v) is 19.3. The molecule has 0 aliphatic rings. The summed E-state index contributed by atoms with van der Waals surface area (Å²) in [6.07, 6.45) is 0. The molecular weight excluding hydrogens is 474 g/mol. The summed E-state index contributed by atoms with van der Waals surface area (Å²) in [6.45, 7) is 8.90. The van der Waals surface area contributed by atoms with E-state index >= 15 is 0 Å². The van der Waals surface area contributed by atoms with Gasteiger partial charge < -0.3 is 0 Å². The quantitative estimate of drug-likeness (QED) is 0.170. The fourth-order valence-corrected chi connectivity index (χ4v) is 3.72. The summed E-state index contributed by atoms with van der Waals surface area (Å²) < 4.78 is 0. The molecule has 0 amide bonds. The summed E-state index contributed by atoms with van der Waals surface area (Å²) in [7, 11) is 0.0576. The summed E-state index contributed by atoms with van der Waals surface area (Å²) in [5.41, 5.74) is 2.74. The fraction of sp³-hybridized carbons (Fsp3) is 0.182. The third kappa shape index (κ3) is 4.13. The second-order valence-electron chi connectivity index (χ2n) is 6.29. The van der Waals surface area contributed by atoms with Gasteiger partial charge in [0.25, 0.3) is 0 Å². The number of benzene rings is 2. The van der Waals surface area contributed by atoms with E-state index in [0.29, 0.717) is 0 Å². The molecule has 0 spiro atoms. The monoisotopic (exact) mass is 498 g/mol. The molecule has 4 aromatic carbocycles. The molecule has 4 aromatic rings. The van der Waals surface area contributed by atoms with Crippen LogP contribution < -0.4 is 5.30 Å². The molecule has 0 N–H and O–H groups in total. The van der Waals surface area contributed by atoms with E-state index in [0.717, 1.165) is 0 Å². The van der Waals surface area contributed by atoms with Gasteiger partial charge in [0.05, 0.1) is 0 Å². The van der Waals surface area contributed by atoms with Crippen LogP contribution in [-0.4, -0.2) is 13.3 Å². The van der Waals surface area contributed by atoms with E-state index in [9.17, 15) is 0 Å². The van der Waals surface area contributed by atoms with Crippen molar-refractivity contribution in [2.75, 3.05) is 13.3 Å². The molecule has 0 radical (unpaired) electrons. The van der Waals surface area contributed by atoms with E-state index in [-0.39, 0.29) is 33.8 Å². The summed E-state index contributed by atoms with van der Waals surface area (Å²) in [6, 6.07) is 24.0. The number of fused-ring (bicyclic) bond motifs is 2. The number of rotatable bonds is 1. The average molecular weight is 497 g/mol. The van der Waals surface area contributed by atoms with E-state index in [1.54, 1.807) is 0 Å². The van der Waals surface area contributed by atoms with Crippen LogP contribution >= 0.6 is 7.92 Å². The second kappa shape index (κ2) is 8.37. The molecule has 122 valence electrons. The second-order valence-corrected chi connectivity index (χ2v) is 8.59. The van der Waals surface area contributed by atoms with Crippen LogP contribution in [0.3, 0.4) is 0 Å². The van der Waals surface area contributed by atoms with E-state index in [1.807, 2.05) is 0 Å². The third-order valence-electron chi connectivity index (χ3n) is 4.37. The molecule has 0 saturated carbocycles. The SMILES string of the molecule is CP(C)c1cc2ccccc2[cH-]1.Cc1ccc(C)c2[cH-]ccc12.[Hf]. The van der Waals surface area contributed by atoms with Crippen molar-refractivity contribution in [3.05, 3.63) is 77.9 Å². The van der Waals surface area contributed by atoms with E-state index in [4.69, 9.17) is 0 Å². The van der Waals surface area contributed by atoms with Crippen molar-refractivity contribution in [2.45, 2.75) is 13.8 Å². The first-order valence-electron chi connectivity index (χ1n) is 8.00. The predicted molar refractivity (Wildman–Crippen MR) is 107 cm³/mol. The minimum absolute atomic E-state index is 0. The fourth-order valence-electron chi connectivity index (χ4n) is 2.93. The maximum Gasteiger partial charge on any atom is 0 e. The molecule has 0 aliphatic heterocycles. The van der Waals surface area contributed by atoms with Crippen molar-refractivity contribution in [1.29, 1.82) is 0 Å². The van der Waals surface area contributed by atoms with Gasteiger partial charge in [-0.15, -0.1) is 76.7 Å². The molecule has 0 saturated heterocycles. The first-order valence-corrected chi connectivity index (χ1v) is 10.2. The van der Waals surface area contributed by atoms with Gasteiger partial charge in [-0.3, -0.25) is 0 Å². The van der Waals surface area contributed by atoms with Crippen molar-refractivity contribution >= 4 is 34.8 Å². The molecule has 0 aromatic heterocycles. The van der Waals surface area contributed by atoms with Gasteiger partial charge in [-0.2, -0.15) is 18.2 Å². The Balaban J connectivity index is 0.000000167. The van der Waals surface area contributed by atoms with Gasteiger partial charge in [-0.1, -0.05) is 24.6 Å². The van der Waals surface area contributed by atoms with Gasteiger partial charge in [0.15, 0.2) is 0 Å². The molecule has 0 fully saturated rings. The summed E-state index contributed by atoms with van der Waals surface area (Å²) in [4.78, 5) is 0. The van der Waals surface area contributed by atoms with Crippen molar-refractivity contribution in [2.24, 2.45) is 0 Å². The molecule has 0 aliphatic carbocycles. The minimum Gasteiger partial charge on any atom is -0.168 e. The zero-order valence-electron chi connectivity index (χ0n) is 14.8. The molecule has 4 rings (SSSR count). The Kier molecular flexibility index (Phi) is 6.72. The van der Waals surface area contributed by atoms with Crippen molar-refractivity contribution < 1.29 is 25.8 Å². The van der Waals surface area contributed by atoms with Crippen LogP contribution in [0.25, 0.3) is 21.5 Å². The van der Waals surface area contributed by atoms with Crippen LogP contribution in [0.4, 0.5) is 0 Å². The molecule has 0 bridgehead atoms. The maximum atomic E-state index is 2.31. The Morgan fingerprint density at radius 2 is 1.58 bits per heavy atom. The van der Waals surface area contributed by atoms with Crippen LogP contribution in [0, 0.1) is 13.8 Å². The summed E-state index contributed by atoms with van der Waals surface area (Å²) in [5.74, 6) is 0. The Morgan fingerprint density at radius 1 is 0.875 bits per heavy atom. The third-order valence-corrected chi connectivity index (χ3v) is 5.66. The smallest absolute Gasteiger partial charge is 0 e. The molecule has 0 atom stereocenters. The van der Waals surface area contributed by atoms with Gasteiger partial charge in [-0.25, -0.2) is 0 Å². The molecule has 0 heterocycles. The van der Waals surface area contributed by atoms with E-state index < -0.39 is 0 Å². The molecule has 0 nitrogen and oxygen atoms in total. The minimum atomic E-state index is 0. The van der Waals surface area contributed by atoms with Crippen LogP contribution in [-0.2, 0) is 25.8 Å². The van der Waals surface area contributed by atoms with Crippen LogP contribution in [0.2, 0.25) is 0 Å². The van der Waals surface area contributed by atoms with E-state index in [2.05, 4.69) is 93.9 Å². The number of aryl methyl sites for hydroxylation is 2. The van der Waals surface area contributed by atoms with Gasteiger partial charge >= 0.3 is 0 Å². The van der Waals surface area contributed by atoms with Crippen molar-refractivity contribution in [3.8, 4) is 0 Å². The number of hydrogen-bond donors (Lipinski definition) is 0. The van der Waals surface area contributed by atoms with Crippen molar-refractivity contribution in [1.82, 2.24) is 0 Å². The number of hydrogen-bond acceptors (Lipinski definition) is 0. The molecule has 2 heteroatoms. The van der Waals surface area contributed by atoms with Gasteiger partial charge in [0, 0.05) is 25.8 Å². The maximum absolute atomic E-state index is 2.31. The van der Waals surface area contributed by atoms with Crippen molar-refractivity contribution in [3.63, 3.8) is 0 Å². The van der Waals surface area contributed by atoms with Gasteiger partial charge in [0.1, 0.15) is 0 Å². The Labute approximate surface area is 165 Å². The molecule has 24 heavy (non-hydrogen) atoms. The standard InChI is InChI=1S/C11H12P.C11H11.Hf/c1-12(2)11-7-9-5-3-4-6-10(9)8-11;1-8-6-7-9(2)11-5-3-4-10(8)11;/h3-8H,1-2H3;3-7H,1-2H3;/q2*-1;. The topological polar surface area (TPSA) is 0 Å². The average Bonchev–Trinajstić information content (AvgIpc) is 3.18. The molecule has 0 unspecified atom stereocenters. The van der Waals surface area contributed by atoms with Crippen LogP contribution in [0.15, 0.2) is 66.7 Å². The Hall–Kier alpha value is -1.04. The van der Waals surface area contributed by atoms with Gasteiger partial charge in [-0.05, 0) is 20.3 Å². The summed E-state index contributed by atoms with van der Waals surface area (Å²) in [5, 5.41) is 7.05. The molecular formula is C22H23HfP-2. The first-order chi connectivity index (χ1) is 11.1.